The molecule has 0 saturated carbocycles. The van der Waals surface area contributed by atoms with Crippen molar-refractivity contribution in [2.75, 3.05) is 27.3 Å². The van der Waals surface area contributed by atoms with Crippen LogP contribution in [-0.4, -0.2) is 44.2 Å². The van der Waals surface area contributed by atoms with Crippen molar-refractivity contribution in [3.05, 3.63) is 53.1 Å². The summed E-state index contributed by atoms with van der Waals surface area (Å²) in [6, 6.07) is 3.00. The highest BCUT2D eigenvalue weighted by atomic mass is 32.1. The summed E-state index contributed by atoms with van der Waals surface area (Å²) in [7, 11) is 3.25. The molecule has 15 heteroatoms. The van der Waals surface area contributed by atoms with E-state index >= 15 is 0 Å². The number of fused-ring (bicyclic) bond motifs is 1. The molecule has 2 amide bonds. The van der Waals surface area contributed by atoms with E-state index in [2.05, 4.69) is 33.5 Å². The Morgan fingerprint density at radius 3 is 2.21 bits per heavy atom. The fourth-order valence-electron chi connectivity index (χ4n) is 3.54. The first-order chi connectivity index (χ1) is 17.9. The number of urea groups is 1. The second-order valence-corrected chi connectivity index (χ2v) is 7.57. The van der Waals surface area contributed by atoms with E-state index < -0.39 is 71.3 Å². The molecule has 1 saturated heterocycles. The zero-order valence-electron chi connectivity index (χ0n) is 20.9. The summed E-state index contributed by atoms with van der Waals surface area (Å²) in [4.78, 5) is 18.2. The number of alkyl halides is 5. The minimum atomic E-state index is -4.85. The van der Waals surface area contributed by atoms with Crippen LogP contribution in [0.4, 0.5) is 35.5 Å². The van der Waals surface area contributed by atoms with Crippen LogP contribution in [0.15, 0.2) is 30.3 Å². The van der Waals surface area contributed by atoms with Gasteiger partial charge in [-0.2, -0.15) is 13.2 Å². The number of halogens is 7. The Morgan fingerprint density at radius 1 is 1.18 bits per heavy atom. The lowest BCUT2D eigenvalue weighted by atomic mass is 9.94. The maximum absolute atomic E-state index is 14.4. The first-order valence-electron chi connectivity index (χ1n) is 11.1. The summed E-state index contributed by atoms with van der Waals surface area (Å²) < 4.78 is 99.8. The lowest BCUT2D eigenvalue weighted by molar-refractivity contribution is -0.137. The molecule has 4 N–H and O–H groups in total. The molecule has 0 spiro atoms. The number of ether oxygens (including phenoxy) is 1. The highest BCUT2D eigenvalue weighted by molar-refractivity contribution is 7.77. The van der Waals surface area contributed by atoms with E-state index in [0.717, 1.165) is 23.1 Å². The van der Waals surface area contributed by atoms with E-state index in [-0.39, 0.29) is 12.1 Å². The molecular weight excluding hydrogens is 545 g/mol. The molecule has 0 bridgehead atoms. The Bertz CT molecular complexity index is 1050. The van der Waals surface area contributed by atoms with Crippen molar-refractivity contribution in [2.24, 2.45) is 5.14 Å². The minimum Gasteiger partial charge on any atom is -0.406 e. The van der Waals surface area contributed by atoms with Gasteiger partial charge in [0.05, 0.1) is 17.7 Å². The number of carbonyl (C=O) groups excluding carboxylic acids is 1. The highest BCUT2D eigenvalue weighted by Crippen LogP contribution is 2.44. The number of carbonyl (C=O) groups is 1. The number of hydrogen-bond acceptors (Lipinski definition) is 6. The van der Waals surface area contributed by atoms with Crippen molar-refractivity contribution < 1.29 is 45.1 Å². The molecule has 1 atom stereocenters. The maximum atomic E-state index is 14.4. The lowest BCUT2D eigenvalue weighted by Gasteiger charge is -2.21. The molecule has 0 radical (unpaired) electrons. The van der Waals surface area contributed by atoms with Crippen LogP contribution in [0.3, 0.4) is 0 Å². The van der Waals surface area contributed by atoms with Gasteiger partial charge in [-0.15, -0.1) is 18.3 Å². The summed E-state index contributed by atoms with van der Waals surface area (Å²) >= 11 is 3.03. The van der Waals surface area contributed by atoms with Gasteiger partial charge in [-0.05, 0) is 29.8 Å². The van der Waals surface area contributed by atoms with Gasteiger partial charge in [-0.1, -0.05) is 19.9 Å². The van der Waals surface area contributed by atoms with Crippen LogP contribution in [0.2, 0.25) is 0 Å². The van der Waals surface area contributed by atoms with Gasteiger partial charge in [0.2, 0.25) is 0 Å². The fourth-order valence-corrected chi connectivity index (χ4v) is 3.54. The Kier molecular flexibility index (Phi) is 12.6. The molecule has 1 unspecified atom stereocenters. The van der Waals surface area contributed by atoms with E-state index in [4.69, 9.17) is 4.84 Å². The van der Waals surface area contributed by atoms with E-state index in [1.54, 1.807) is 14.2 Å². The van der Waals surface area contributed by atoms with Crippen molar-refractivity contribution in [3.63, 3.8) is 0 Å². The number of nitrogens with zero attached hydrogens (tertiary/aromatic N) is 1. The number of methoxy groups -OCH3 is 1. The predicted octanol–water partition coefficient (Wildman–Crippen LogP) is 5.68. The van der Waals surface area contributed by atoms with E-state index in [1.807, 2.05) is 13.8 Å². The van der Waals surface area contributed by atoms with Crippen molar-refractivity contribution >= 4 is 18.8 Å². The second-order valence-electron chi connectivity index (χ2n) is 7.57. The highest BCUT2D eigenvalue weighted by Gasteiger charge is 2.42. The second kappa shape index (κ2) is 14.4. The largest absolute Gasteiger partial charge is 0.416 e. The van der Waals surface area contributed by atoms with Crippen LogP contribution < -0.4 is 20.8 Å². The summed E-state index contributed by atoms with van der Waals surface area (Å²) in [6.45, 7) is 2.93. The Morgan fingerprint density at radius 2 is 1.74 bits per heavy atom. The topological polar surface area (TPSA) is 88.8 Å². The number of hydrogen-bond donors (Lipinski definition) is 4. The molecule has 0 aromatic heterocycles. The Labute approximate surface area is 220 Å². The van der Waals surface area contributed by atoms with E-state index in [1.165, 1.54) is 0 Å². The van der Waals surface area contributed by atoms with Crippen molar-refractivity contribution in [1.29, 1.82) is 0 Å². The predicted molar refractivity (Wildman–Crippen MR) is 130 cm³/mol. The molecule has 2 heterocycles. The number of thiol groups is 1. The standard InChI is InChI=1S/C19H14F7N3O2.C2H6O.C2H6.H3NS/c20-11-2-1-3-12(21)14(11)10-6-9(19(24,25)26)7-13-15(10)16(28-31-13)27-17(30)29-5-4-18(22,23)8-29;1-3-2;2*1-2/h1-3,6-7,16,28H,4-5,8H2,(H,27,30);1-2H3;1-2H3;2H,1H2. The molecule has 4 rings (SSSR count). The molecule has 1 fully saturated rings. The smallest absolute Gasteiger partial charge is 0.406 e. The molecule has 7 nitrogen and oxygen atoms in total. The average Bonchev–Trinajstić information content (AvgIpc) is 3.44. The Hall–Kier alpha value is -2.75. The van der Waals surface area contributed by atoms with Crippen molar-refractivity contribution in [3.8, 4) is 16.9 Å². The van der Waals surface area contributed by atoms with Crippen molar-refractivity contribution in [1.82, 2.24) is 15.7 Å². The van der Waals surface area contributed by atoms with Crippen molar-refractivity contribution in [2.45, 2.75) is 38.5 Å². The average molecular weight is 575 g/mol. The number of likely N-dealkylation sites (tertiary alicyclic amines) is 1. The molecule has 2 aliphatic heterocycles. The molecule has 2 aromatic carbocycles. The van der Waals surface area contributed by atoms with Crippen LogP contribution in [0.1, 0.15) is 37.6 Å². The van der Waals surface area contributed by atoms with Crippen LogP contribution in [0.25, 0.3) is 11.1 Å². The summed E-state index contributed by atoms with van der Waals surface area (Å²) in [5.74, 6) is -5.72. The van der Waals surface area contributed by atoms with Gasteiger partial charge in [0.15, 0.2) is 5.75 Å². The third-order valence-corrected chi connectivity index (χ3v) is 5.00. The summed E-state index contributed by atoms with van der Waals surface area (Å²) in [6.07, 6.45) is -6.73. The maximum Gasteiger partial charge on any atom is 0.416 e. The number of benzene rings is 2. The summed E-state index contributed by atoms with van der Waals surface area (Å²) in [5, 5.41) is 6.51. The van der Waals surface area contributed by atoms with Gasteiger partial charge in [-0.25, -0.2) is 22.4 Å². The fraction of sp³-hybridized carbons (Fsp3) is 0.435. The minimum absolute atomic E-state index is 0.170. The molecule has 2 aliphatic rings. The Balaban J connectivity index is 0.000000944. The number of rotatable bonds is 2. The summed E-state index contributed by atoms with van der Waals surface area (Å²) in [5.41, 5.74) is -0.373. The number of amides is 2. The van der Waals surface area contributed by atoms with Gasteiger partial charge in [0.25, 0.3) is 5.92 Å². The normalized spacial score (nSPS) is 17.0. The van der Waals surface area contributed by atoms with E-state index in [9.17, 15) is 35.5 Å². The molecule has 0 aliphatic carbocycles. The number of hydroxylamine groups is 1. The van der Waals surface area contributed by atoms with E-state index in [0.29, 0.717) is 12.1 Å². The van der Waals surface area contributed by atoms with Gasteiger partial charge in [-0.3, -0.25) is 5.14 Å². The van der Waals surface area contributed by atoms with Crippen LogP contribution in [-0.2, 0) is 10.9 Å². The third kappa shape index (κ3) is 8.12. The molecular formula is C23H29F7N4O3S. The van der Waals surface area contributed by atoms with Gasteiger partial charge < -0.3 is 19.8 Å². The number of nitrogens with two attached hydrogens (primary N) is 1. The lowest BCUT2D eigenvalue weighted by Crippen LogP contribution is -2.44. The van der Waals surface area contributed by atoms with Gasteiger partial charge in [0.1, 0.15) is 17.8 Å². The zero-order chi connectivity index (χ0) is 29.3. The number of nitrogens with one attached hydrogen (secondary N) is 2. The molecule has 2 aromatic rings. The van der Waals surface area contributed by atoms with Gasteiger partial charge in [0, 0.05) is 32.7 Å². The first kappa shape index (κ1) is 33.3. The SMILES string of the molecule is CC.COC.NS.O=C(NC1NOc2cc(C(F)(F)F)cc(-c3c(F)cccc3F)c21)N1CCC(F)(F)C1. The van der Waals surface area contributed by atoms with Crippen LogP contribution >= 0.6 is 12.8 Å². The molecule has 38 heavy (non-hydrogen) atoms. The molecule has 214 valence electrons. The zero-order valence-corrected chi connectivity index (χ0v) is 21.8. The van der Waals surface area contributed by atoms with Crippen LogP contribution in [0, 0.1) is 11.6 Å². The van der Waals surface area contributed by atoms with Crippen LogP contribution in [0.5, 0.6) is 5.75 Å². The third-order valence-electron chi connectivity index (χ3n) is 5.00. The monoisotopic (exact) mass is 574 g/mol. The first-order valence-corrected chi connectivity index (χ1v) is 11.6. The van der Waals surface area contributed by atoms with Gasteiger partial charge >= 0.3 is 12.2 Å². The quantitative estimate of drug-likeness (QED) is 0.274.